The predicted octanol–water partition coefficient (Wildman–Crippen LogP) is 0.729. The maximum absolute atomic E-state index is 3.10. The topological polar surface area (TPSA) is 15.3 Å². The Kier molecular flexibility index (Phi) is 1.42. The Morgan fingerprint density at radius 1 is 1.62 bits per heavy atom. The van der Waals surface area contributed by atoms with Crippen molar-refractivity contribution in [3.63, 3.8) is 0 Å². The molecule has 0 radical (unpaired) electrons. The van der Waals surface area contributed by atoms with Gasteiger partial charge < -0.3 is 10.2 Å². The molecule has 0 aromatic carbocycles. The van der Waals surface area contributed by atoms with Crippen molar-refractivity contribution in [2.24, 2.45) is 0 Å². The minimum absolute atomic E-state index is 0.626. The summed E-state index contributed by atoms with van der Waals surface area (Å²) in [6, 6.07) is 0.626. The lowest BCUT2D eigenvalue weighted by Crippen LogP contribution is -2.27. The van der Waals surface area contributed by atoms with Gasteiger partial charge in [0.05, 0.1) is 6.67 Å². The third kappa shape index (κ3) is 0.941. The van der Waals surface area contributed by atoms with Crippen molar-refractivity contribution in [2.45, 2.75) is 19.9 Å². The monoisotopic (exact) mass is 112 g/mol. The molecule has 0 saturated carbocycles. The van der Waals surface area contributed by atoms with Crippen LogP contribution in [0.4, 0.5) is 0 Å². The van der Waals surface area contributed by atoms with E-state index in [9.17, 15) is 0 Å². The van der Waals surface area contributed by atoms with Crippen LogP contribution in [0.3, 0.4) is 0 Å². The maximum atomic E-state index is 3.10. The van der Waals surface area contributed by atoms with Crippen molar-refractivity contribution >= 4 is 0 Å². The number of hydrogen-bond acceptors (Lipinski definition) is 2. The molecule has 1 rings (SSSR count). The molecular weight excluding hydrogens is 100 g/mol. The lowest BCUT2D eigenvalue weighted by atomic mass is 10.4. The summed E-state index contributed by atoms with van der Waals surface area (Å²) in [4.78, 5) is 2.24. The molecule has 2 nitrogen and oxygen atoms in total. The van der Waals surface area contributed by atoms with Gasteiger partial charge in [0, 0.05) is 18.4 Å². The van der Waals surface area contributed by atoms with Crippen LogP contribution in [0.25, 0.3) is 0 Å². The smallest absolute Gasteiger partial charge is 0.0870 e. The average molecular weight is 112 g/mol. The van der Waals surface area contributed by atoms with Crippen molar-refractivity contribution in [1.82, 2.24) is 10.2 Å². The van der Waals surface area contributed by atoms with Gasteiger partial charge in [-0.15, -0.1) is 0 Å². The molecule has 8 heavy (non-hydrogen) atoms. The highest BCUT2D eigenvalue weighted by molar-refractivity contribution is 4.88. The maximum Gasteiger partial charge on any atom is 0.0870 e. The molecule has 46 valence electrons. The van der Waals surface area contributed by atoms with Crippen LogP contribution in [-0.2, 0) is 0 Å². The van der Waals surface area contributed by atoms with Crippen LogP contribution in [0.15, 0.2) is 12.4 Å². The van der Waals surface area contributed by atoms with Crippen LogP contribution >= 0.6 is 0 Å². The van der Waals surface area contributed by atoms with E-state index >= 15 is 0 Å². The lowest BCUT2D eigenvalue weighted by molar-refractivity contribution is 0.324. The van der Waals surface area contributed by atoms with Gasteiger partial charge in [0.2, 0.25) is 0 Å². The highest BCUT2D eigenvalue weighted by atomic mass is 15.3. The SMILES string of the molecule is CC(C)N1C=CNC1. The summed E-state index contributed by atoms with van der Waals surface area (Å²) >= 11 is 0. The summed E-state index contributed by atoms with van der Waals surface area (Å²) < 4.78 is 0. The molecule has 0 spiro atoms. The average Bonchev–Trinajstić information content (AvgIpc) is 2.12. The molecule has 1 aliphatic rings. The van der Waals surface area contributed by atoms with E-state index in [-0.39, 0.29) is 0 Å². The van der Waals surface area contributed by atoms with Gasteiger partial charge in [0.15, 0.2) is 0 Å². The third-order valence-corrected chi connectivity index (χ3v) is 1.32. The van der Waals surface area contributed by atoms with Gasteiger partial charge in [-0.05, 0) is 13.8 Å². The lowest BCUT2D eigenvalue weighted by Gasteiger charge is -2.18. The Balaban J connectivity index is 2.36. The molecule has 0 atom stereocenters. The van der Waals surface area contributed by atoms with Crippen LogP contribution < -0.4 is 5.32 Å². The number of nitrogens with one attached hydrogen (secondary N) is 1. The van der Waals surface area contributed by atoms with E-state index in [4.69, 9.17) is 0 Å². The number of rotatable bonds is 1. The molecule has 0 unspecified atom stereocenters. The first kappa shape index (κ1) is 5.48. The van der Waals surface area contributed by atoms with E-state index in [1.807, 2.05) is 6.20 Å². The van der Waals surface area contributed by atoms with E-state index < -0.39 is 0 Å². The predicted molar refractivity (Wildman–Crippen MR) is 34.1 cm³/mol. The molecule has 1 heterocycles. The highest BCUT2D eigenvalue weighted by Gasteiger charge is 2.04. The minimum atomic E-state index is 0.626. The summed E-state index contributed by atoms with van der Waals surface area (Å²) in [5.41, 5.74) is 0. The molecule has 2 heteroatoms. The Morgan fingerprint density at radius 2 is 2.38 bits per heavy atom. The largest absolute Gasteiger partial charge is 0.373 e. The van der Waals surface area contributed by atoms with Crippen molar-refractivity contribution in [1.29, 1.82) is 0 Å². The van der Waals surface area contributed by atoms with Gasteiger partial charge in [-0.1, -0.05) is 0 Å². The molecule has 1 N–H and O–H groups in total. The molecule has 1 aliphatic heterocycles. The molecule has 0 aromatic rings. The summed E-state index contributed by atoms with van der Waals surface area (Å²) in [5, 5.41) is 3.10. The highest BCUT2D eigenvalue weighted by Crippen LogP contribution is 1.99. The van der Waals surface area contributed by atoms with Gasteiger partial charge in [-0.25, -0.2) is 0 Å². The second kappa shape index (κ2) is 2.07. The van der Waals surface area contributed by atoms with Crippen molar-refractivity contribution in [3.8, 4) is 0 Å². The van der Waals surface area contributed by atoms with Crippen LogP contribution in [0, 0.1) is 0 Å². The van der Waals surface area contributed by atoms with Crippen LogP contribution in [-0.4, -0.2) is 17.6 Å². The first-order valence-electron chi connectivity index (χ1n) is 2.96. The minimum Gasteiger partial charge on any atom is -0.373 e. The summed E-state index contributed by atoms with van der Waals surface area (Å²) in [6.07, 6.45) is 4.05. The van der Waals surface area contributed by atoms with Crippen molar-refractivity contribution < 1.29 is 0 Å². The fourth-order valence-corrected chi connectivity index (χ4v) is 0.714. The van der Waals surface area contributed by atoms with Gasteiger partial charge in [0.1, 0.15) is 0 Å². The molecule has 0 fully saturated rings. The Hall–Kier alpha value is -0.660. The quantitative estimate of drug-likeness (QED) is 0.538. The summed E-state index contributed by atoms with van der Waals surface area (Å²) in [7, 11) is 0. The van der Waals surface area contributed by atoms with E-state index in [1.54, 1.807) is 0 Å². The third-order valence-electron chi connectivity index (χ3n) is 1.32. The van der Waals surface area contributed by atoms with Crippen molar-refractivity contribution in [2.75, 3.05) is 6.67 Å². The first-order valence-corrected chi connectivity index (χ1v) is 2.96. The summed E-state index contributed by atoms with van der Waals surface area (Å²) in [5.74, 6) is 0. The zero-order valence-corrected chi connectivity index (χ0v) is 5.39. The standard InChI is InChI=1S/C6H12N2/c1-6(2)8-4-3-7-5-8/h3-4,6-7H,5H2,1-2H3. The van der Waals surface area contributed by atoms with E-state index in [1.165, 1.54) is 0 Å². The van der Waals surface area contributed by atoms with Gasteiger partial charge in [-0.3, -0.25) is 0 Å². The van der Waals surface area contributed by atoms with Gasteiger partial charge in [-0.2, -0.15) is 0 Å². The molecule has 0 bridgehead atoms. The van der Waals surface area contributed by atoms with Gasteiger partial charge >= 0.3 is 0 Å². The Bertz CT molecular complexity index is 96.7. The first-order chi connectivity index (χ1) is 3.80. The zero-order chi connectivity index (χ0) is 5.98. The van der Waals surface area contributed by atoms with Crippen LogP contribution in [0.5, 0.6) is 0 Å². The number of nitrogens with zero attached hydrogens (tertiary/aromatic N) is 1. The van der Waals surface area contributed by atoms with Crippen molar-refractivity contribution in [3.05, 3.63) is 12.4 Å². The Labute approximate surface area is 50.2 Å². The molecular formula is C6H12N2. The van der Waals surface area contributed by atoms with E-state index in [0.29, 0.717) is 6.04 Å². The Morgan fingerprint density at radius 3 is 2.62 bits per heavy atom. The fourth-order valence-electron chi connectivity index (χ4n) is 0.714. The second-order valence-corrected chi connectivity index (χ2v) is 2.29. The molecule has 0 aromatic heterocycles. The van der Waals surface area contributed by atoms with E-state index in [0.717, 1.165) is 6.67 Å². The normalized spacial score (nSPS) is 17.6. The fraction of sp³-hybridized carbons (Fsp3) is 0.667. The zero-order valence-electron chi connectivity index (χ0n) is 5.39. The number of hydrogen-bond donors (Lipinski definition) is 1. The second-order valence-electron chi connectivity index (χ2n) is 2.29. The molecule has 0 saturated heterocycles. The van der Waals surface area contributed by atoms with Crippen LogP contribution in [0.1, 0.15) is 13.8 Å². The summed E-state index contributed by atoms with van der Waals surface area (Å²) in [6.45, 7) is 5.33. The molecule has 0 amide bonds. The molecule has 0 aliphatic carbocycles. The van der Waals surface area contributed by atoms with E-state index in [2.05, 4.69) is 30.3 Å². The van der Waals surface area contributed by atoms with Gasteiger partial charge in [0.25, 0.3) is 0 Å². The van der Waals surface area contributed by atoms with Crippen LogP contribution in [0.2, 0.25) is 0 Å².